The Kier molecular flexibility index (Phi) is 3.61. The molecular weight excluding hydrogens is 258 g/mol. The third-order valence-electron chi connectivity index (χ3n) is 5.58. The number of hydrogen-bond donors (Lipinski definition) is 0. The molecule has 2 fully saturated rings. The Morgan fingerprint density at radius 3 is 2.33 bits per heavy atom. The van der Waals surface area contributed by atoms with Crippen molar-refractivity contribution in [3.63, 3.8) is 0 Å². The van der Waals surface area contributed by atoms with Crippen LogP contribution in [0.5, 0.6) is 0 Å². The minimum absolute atomic E-state index is 0.0946. The number of hydrogen-bond acceptors (Lipinski definition) is 3. The zero-order valence-corrected chi connectivity index (χ0v) is 14.8. The molecule has 1 heterocycles. The van der Waals surface area contributed by atoms with Gasteiger partial charge in [0, 0.05) is 0 Å². The summed E-state index contributed by atoms with van der Waals surface area (Å²) in [6.45, 7) is 14.0. The molecule has 1 aliphatic heterocycles. The molecule has 21 heavy (non-hydrogen) atoms. The molecule has 0 radical (unpaired) electrons. The van der Waals surface area contributed by atoms with Gasteiger partial charge < -0.3 is 0 Å². The standard InChI is InChI=1S/C18H33N3/c1-17(2,3)11-13-10-16-15(8-7-12-9-14(12)13)19-20-21(16)18(4,5)6/h12-16H,7-11H2,1-6H3. The van der Waals surface area contributed by atoms with Crippen LogP contribution in [0.1, 0.15) is 73.6 Å². The van der Waals surface area contributed by atoms with Gasteiger partial charge in [-0.2, -0.15) is 5.11 Å². The van der Waals surface area contributed by atoms with Crippen LogP contribution in [0.4, 0.5) is 0 Å². The first-order valence-corrected chi connectivity index (χ1v) is 8.85. The zero-order valence-electron chi connectivity index (χ0n) is 14.8. The Morgan fingerprint density at radius 1 is 1.00 bits per heavy atom. The van der Waals surface area contributed by atoms with Gasteiger partial charge in [-0.1, -0.05) is 26.0 Å². The van der Waals surface area contributed by atoms with Crippen LogP contribution in [0.25, 0.3) is 0 Å². The zero-order chi connectivity index (χ0) is 15.4. The summed E-state index contributed by atoms with van der Waals surface area (Å²) in [5.74, 6) is 2.86. The lowest BCUT2D eigenvalue weighted by atomic mass is 9.76. The highest BCUT2D eigenvalue weighted by Gasteiger charge is 2.50. The minimum Gasteiger partial charge on any atom is -0.268 e. The molecule has 5 unspecified atom stereocenters. The summed E-state index contributed by atoms with van der Waals surface area (Å²) in [7, 11) is 0. The number of rotatable bonds is 1. The van der Waals surface area contributed by atoms with Crippen molar-refractivity contribution in [2.75, 3.05) is 0 Å². The topological polar surface area (TPSA) is 28.0 Å². The van der Waals surface area contributed by atoms with Gasteiger partial charge in [0.2, 0.25) is 0 Å². The number of nitrogens with zero attached hydrogens (tertiary/aromatic N) is 3. The van der Waals surface area contributed by atoms with E-state index < -0.39 is 0 Å². The van der Waals surface area contributed by atoms with Crippen LogP contribution in [0.15, 0.2) is 10.3 Å². The quantitative estimate of drug-likeness (QED) is 0.662. The first-order chi connectivity index (χ1) is 9.65. The Labute approximate surface area is 130 Å². The fourth-order valence-corrected chi connectivity index (χ4v) is 4.64. The van der Waals surface area contributed by atoms with Gasteiger partial charge in [-0.25, -0.2) is 0 Å². The molecule has 0 spiro atoms. The molecule has 0 aromatic carbocycles. The molecule has 3 nitrogen and oxygen atoms in total. The summed E-state index contributed by atoms with van der Waals surface area (Å²) in [4.78, 5) is 0. The second kappa shape index (κ2) is 4.96. The summed E-state index contributed by atoms with van der Waals surface area (Å²) in [5.41, 5.74) is 0.531. The van der Waals surface area contributed by atoms with Crippen LogP contribution in [0.2, 0.25) is 0 Å². The predicted molar refractivity (Wildman–Crippen MR) is 87.0 cm³/mol. The monoisotopic (exact) mass is 291 g/mol. The Hall–Kier alpha value is -0.600. The normalized spacial score (nSPS) is 39.5. The second-order valence-electron chi connectivity index (χ2n) is 9.85. The van der Waals surface area contributed by atoms with E-state index in [0.29, 0.717) is 17.5 Å². The first kappa shape index (κ1) is 15.3. The summed E-state index contributed by atoms with van der Waals surface area (Å²) in [6.07, 6.45) is 6.77. The largest absolute Gasteiger partial charge is 0.268 e. The van der Waals surface area contributed by atoms with E-state index in [-0.39, 0.29) is 5.54 Å². The highest BCUT2D eigenvalue weighted by Crippen LogP contribution is 2.54. The molecule has 120 valence electrons. The maximum Gasteiger partial charge on any atom is 0.0950 e. The Morgan fingerprint density at radius 2 is 1.71 bits per heavy atom. The molecule has 0 aromatic rings. The first-order valence-electron chi connectivity index (χ1n) is 8.85. The molecule has 0 saturated heterocycles. The summed E-state index contributed by atoms with van der Waals surface area (Å²) in [5, 5.41) is 11.5. The lowest BCUT2D eigenvalue weighted by Gasteiger charge is -2.39. The predicted octanol–water partition coefficient (Wildman–Crippen LogP) is 5.08. The van der Waals surface area contributed by atoms with E-state index in [4.69, 9.17) is 0 Å². The molecular formula is C18H33N3. The molecule has 0 amide bonds. The second-order valence-corrected chi connectivity index (χ2v) is 9.85. The molecule has 2 saturated carbocycles. The number of fused-ring (bicyclic) bond motifs is 2. The smallest absolute Gasteiger partial charge is 0.0950 e. The molecule has 3 heteroatoms. The summed E-state index contributed by atoms with van der Waals surface area (Å²) < 4.78 is 0. The average molecular weight is 291 g/mol. The van der Waals surface area contributed by atoms with Gasteiger partial charge in [0.15, 0.2) is 0 Å². The Bertz CT molecular complexity index is 415. The van der Waals surface area contributed by atoms with Crippen molar-refractivity contribution in [2.45, 2.75) is 91.3 Å². The van der Waals surface area contributed by atoms with Crippen molar-refractivity contribution in [1.82, 2.24) is 5.01 Å². The van der Waals surface area contributed by atoms with Crippen molar-refractivity contribution in [1.29, 1.82) is 0 Å². The van der Waals surface area contributed by atoms with Crippen molar-refractivity contribution in [2.24, 2.45) is 33.5 Å². The van der Waals surface area contributed by atoms with E-state index in [2.05, 4.69) is 56.9 Å². The Balaban J connectivity index is 1.78. The summed E-state index contributed by atoms with van der Waals surface area (Å²) >= 11 is 0. The van der Waals surface area contributed by atoms with Crippen LogP contribution in [0.3, 0.4) is 0 Å². The molecule has 3 rings (SSSR count). The van der Waals surface area contributed by atoms with Gasteiger partial charge in [0.1, 0.15) is 0 Å². The van der Waals surface area contributed by atoms with Crippen LogP contribution in [-0.4, -0.2) is 22.6 Å². The molecule has 0 aromatic heterocycles. The van der Waals surface area contributed by atoms with Gasteiger partial charge in [0.05, 0.1) is 17.6 Å². The molecule has 0 N–H and O–H groups in total. The maximum atomic E-state index is 4.64. The van der Waals surface area contributed by atoms with E-state index >= 15 is 0 Å². The van der Waals surface area contributed by atoms with Crippen LogP contribution >= 0.6 is 0 Å². The van der Waals surface area contributed by atoms with Crippen LogP contribution < -0.4 is 0 Å². The average Bonchev–Trinajstić information content (AvgIpc) is 2.94. The fraction of sp³-hybridized carbons (Fsp3) is 1.00. The third-order valence-corrected chi connectivity index (χ3v) is 5.58. The van der Waals surface area contributed by atoms with E-state index in [0.717, 1.165) is 17.8 Å². The van der Waals surface area contributed by atoms with Gasteiger partial charge in [-0.05, 0) is 76.0 Å². The maximum absolute atomic E-state index is 4.64. The highest BCUT2D eigenvalue weighted by atomic mass is 15.6. The van der Waals surface area contributed by atoms with E-state index in [1.165, 1.54) is 32.1 Å². The van der Waals surface area contributed by atoms with Crippen molar-refractivity contribution < 1.29 is 0 Å². The fourth-order valence-electron chi connectivity index (χ4n) is 4.64. The summed E-state index contributed by atoms with van der Waals surface area (Å²) in [6, 6.07) is 0.993. The van der Waals surface area contributed by atoms with E-state index in [9.17, 15) is 0 Å². The van der Waals surface area contributed by atoms with Crippen molar-refractivity contribution in [3.8, 4) is 0 Å². The third kappa shape index (κ3) is 3.27. The minimum atomic E-state index is 0.0946. The van der Waals surface area contributed by atoms with Crippen molar-refractivity contribution >= 4 is 0 Å². The molecule has 2 aliphatic carbocycles. The highest BCUT2D eigenvalue weighted by molar-refractivity contribution is 5.02. The van der Waals surface area contributed by atoms with Gasteiger partial charge in [-0.3, -0.25) is 5.01 Å². The molecule has 5 atom stereocenters. The van der Waals surface area contributed by atoms with E-state index in [1.807, 2.05) is 0 Å². The van der Waals surface area contributed by atoms with Gasteiger partial charge in [-0.15, -0.1) is 0 Å². The lowest BCUT2D eigenvalue weighted by Crippen LogP contribution is -2.47. The van der Waals surface area contributed by atoms with E-state index in [1.54, 1.807) is 0 Å². The van der Waals surface area contributed by atoms with Crippen molar-refractivity contribution in [3.05, 3.63) is 0 Å². The SMILES string of the molecule is CC(C)(C)CC1CC2C(CCC3CC31)N=NN2C(C)(C)C. The molecule has 0 bridgehead atoms. The lowest BCUT2D eigenvalue weighted by molar-refractivity contribution is 0.0672. The van der Waals surface area contributed by atoms with Crippen LogP contribution in [-0.2, 0) is 0 Å². The molecule has 3 aliphatic rings. The van der Waals surface area contributed by atoms with Gasteiger partial charge in [0.25, 0.3) is 0 Å². The van der Waals surface area contributed by atoms with Gasteiger partial charge >= 0.3 is 0 Å². The van der Waals surface area contributed by atoms with Crippen LogP contribution in [0, 0.1) is 23.2 Å².